The number of ether oxygens (including phenoxy) is 1. The fourth-order valence-corrected chi connectivity index (χ4v) is 4.35. The van der Waals surface area contributed by atoms with E-state index in [2.05, 4.69) is 4.98 Å². The van der Waals surface area contributed by atoms with Crippen molar-refractivity contribution in [2.75, 3.05) is 12.0 Å². The summed E-state index contributed by atoms with van der Waals surface area (Å²) in [6.45, 7) is 0. The first-order valence-corrected chi connectivity index (χ1v) is 10.4. The summed E-state index contributed by atoms with van der Waals surface area (Å²) in [6.07, 6.45) is 1.63. The van der Waals surface area contributed by atoms with Crippen LogP contribution in [0.3, 0.4) is 0 Å². The largest absolute Gasteiger partial charge is 0.507 e. The van der Waals surface area contributed by atoms with Crippen LogP contribution in [0.5, 0.6) is 5.75 Å². The number of methoxy groups -OCH3 is 1. The monoisotopic (exact) mass is 460 g/mol. The summed E-state index contributed by atoms with van der Waals surface area (Å²) in [6, 6.07) is 14.9. The second-order valence-corrected chi connectivity index (χ2v) is 7.78. The molecular formula is C26H18F2N2O4. The molecule has 6 nitrogen and oxygen atoms in total. The number of aromatic amines is 1. The SMILES string of the molecule is COc1ccc(F)cc1/C(O)=C1\C(=O)C(=O)N(c2cccc(F)c2)C1c1c[nH]c2ccccc12. The fourth-order valence-electron chi connectivity index (χ4n) is 4.35. The molecular weight excluding hydrogens is 442 g/mol. The summed E-state index contributed by atoms with van der Waals surface area (Å²) in [5.74, 6) is -3.66. The van der Waals surface area contributed by atoms with Crippen LogP contribution in [0.25, 0.3) is 16.7 Å². The van der Waals surface area contributed by atoms with Crippen LogP contribution in [0.1, 0.15) is 17.2 Å². The number of halogens is 2. The number of aromatic nitrogens is 1. The highest BCUT2D eigenvalue weighted by atomic mass is 19.1. The number of nitrogens with zero attached hydrogens (tertiary/aromatic N) is 1. The van der Waals surface area contributed by atoms with Crippen molar-refractivity contribution in [1.29, 1.82) is 0 Å². The summed E-state index contributed by atoms with van der Waals surface area (Å²) < 4.78 is 33.4. The van der Waals surface area contributed by atoms with Crippen molar-refractivity contribution in [3.05, 3.63) is 101 Å². The first-order chi connectivity index (χ1) is 16.4. The molecule has 4 aromatic rings. The van der Waals surface area contributed by atoms with Crippen molar-refractivity contribution in [3.63, 3.8) is 0 Å². The van der Waals surface area contributed by atoms with Gasteiger partial charge in [-0.1, -0.05) is 24.3 Å². The van der Waals surface area contributed by atoms with E-state index in [4.69, 9.17) is 4.74 Å². The van der Waals surface area contributed by atoms with Gasteiger partial charge in [-0.05, 0) is 42.5 Å². The first kappa shape index (κ1) is 21.4. The molecule has 1 unspecified atom stereocenters. The number of hydrogen-bond donors (Lipinski definition) is 2. The zero-order chi connectivity index (χ0) is 24.0. The zero-order valence-electron chi connectivity index (χ0n) is 17.9. The van der Waals surface area contributed by atoms with Crippen molar-refractivity contribution in [2.24, 2.45) is 0 Å². The van der Waals surface area contributed by atoms with Crippen LogP contribution in [0.4, 0.5) is 14.5 Å². The Balaban J connectivity index is 1.82. The maximum absolute atomic E-state index is 14.1. The van der Waals surface area contributed by atoms with Crippen LogP contribution < -0.4 is 9.64 Å². The number of benzene rings is 3. The molecule has 3 aromatic carbocycles. The Hall–Kier alpha value is -4.46. The number of fused-ring (bicyclic) bond motifs is 1. The lowest BCUT2D eigenvalue weighted by molar-refractivity contribution is -0.132. The minimum Gasteiger partial charge on any atom is -0.507 e. The van der Waals surface area contributed by atoms with Gasteiger partial charge in [-0.25, -0.2) is 8.78 Å². The van der Waals surface area contributed by atoms with Gasteiger partial charge in [0.05, 0.1) is 24.3 Å². The number of ketones is 1. The lowest BCUT2D eigenvalue weighted by atomic mass is 9.94. The van der Waals surface area contributed by atoms with Gasteiger partial charge in [-0.2, -0.15) is 0 Å². The second kappa shape index (κ2) is 8.15. The number of Topliss-reactive ketones (excluding diaryl/α,β-unsaturated/α-hetero) is 1. The Morgan fingerprint density at radius 3 is 2.53 bits per heavy atom. The summed E-state index contributed by atoms with van der Waals surface area (Å²) >= 11 is 0. The van der Waals surface area contributed by atoms with E-state index in [0.717, 1.165) is 28.6 Å². The average Bonchev–Trinajstić information content (AvgIpc) is 3.37. The van der Waals surface area contributed by atoms with Gasteiger partial charge in [0.15, 0.2) is 0 Å². The molecule has 8 heteroatoms. The fraction of sp³-hybridized carbons (Fsp3) is 0.0769. The molecule has 0 radical (unpaired) electrons. The number of H-pyrrole nitrogens is 1. The third-order valence-corrected chi connectivity index (χ3v) is 5.86. The number of rotatable bonds is 4. The van der Waals surface area contributed by atoms with E-state index in [0.29, 0.717) is 10.9 Å². The number of aliphatic hydroxyl groups is 1. The van der Waals surface area contributed by atoms with Crippen LogP contribution in [0.15, 0.2) is 78.5 Å². The van der Waals surface area contributed by atoms with E-state index in [-0.39, 0.29) is 22.6 Å². The highest BCUT2D eigenvalue weighted by molar-refractivity contribution is 6.52. The Bertz CT molecular complexity index is 1490. The number of nitrogens with one attached hydrogen (secondary N) is 1. The van der Waals surface area contributed by atoms with Crippen molar-refractivity contribution in [3.8, 4) is 5.75 Å². The molecule has 2 heterocycles. The van der Waals surface area contributed by atoms with Gasteiger partial charge in [0.2, 0.25) is 0 Å². The van der Waals surface area contributed by atoms with Gasteiger partial charge < -0.3 is 14.8 Å². The minimum atomic E-state index is -1.11. The van der Waals surface area contributed by atoms with Crippen molar-refractivity contribution in [2.45, 2.75) is 6.04 Å². The number of anilines is 1. The standard InChI is InChI=1S/C26H18F2N2O4/c1-34-21-10-9-15(28)12-18(21)24(31)22-23(19-13-29-20-8-3-2-7-17(19)20)30(26(33)25(22)32)16-6-4-5-14(27)11-16/h2-13,23,29,31H,1H3/b24-22+. The molecule has 1 fully saturated rings. The molecule has 170 valence electrons. The van der Waals surface area contributed by atoms with E-state index >= 15 is 0 Å². The van der Waals surface area contributed by atoms with Crippen LogP contribution >= 0.6 is 0 Å². The number of carbonyl (C=O) groups is 2. The molecule has 1 aliphatic rings. The normalized spacial score (nSPS) is 17.5. The lowest BCUT2D eigenvalue weighted by Crippen LogP contribution is -2.29. The topological polar surface area (TPSA) is 82.6 Å². The van der Waals surface area contributed by atoms with Crippen LogP contribution in [-0.4, -0.2) is 28.9 Å². The molecule has 34 heavy (non-hydrogen) atoms. The van der Waals surface area contributed by atoms with Crippen molar-refractivity contribution >= 4 is 34.0 Å². The highest BCUT2D eigenvalue weighted by Crippen LogP contribution is 2.45. The predicted octanol–water partition coefficient (Wildman–Crippen LogP) is 5.08. The van der Waals surface area contributed by atoms with E-state index in [1.807, 2.05) is 12.1 Å². The smallest absolute Gasteiger partial charge is 0.300 e. The summed E-state index contributed by atoms with van der Waals surface area (Å²) in [5.41, 5.74) is 1.05. The first-order valence-electron chi connectivity index (χ1n) is 10.4. The van der Waals surface area contributed by atoms with Crippen molar-refractivity contribution in [1.82, 2.24) is 4.98 Å². The lowest BCUT2D eigenvalue weighted by Gasteiger charge is -2.25. The van der Waals surface area contributed by atoms with Crippen molar-refractivity contribution < 1.29 is 28.2 Å². The summed E-state index contributed by atoms with van der Waals surface area (Å²) in [4.78, 5) is 30.7. The molecule has 1 amide bonds. The minimum absolute atomic E-state index is 0.0791. The molecule has 1 aliphatic heterocycles. The molecule has 0 aliphatic carbocycles. The van der Waals surface area contributed by atoms with Crippen LogP contribution in [-0.2, 0) is 9.59 Å². The Labute approximate surface area is 192 Å². The number of para-hydroxylation sites is 1. The Morgan fingerprint density at radius 1 is 1.00 bits per heavy atom. The van der Waals surface area contributed by atoms with Gasteiger partial charge in [0.25, 0.3) is 11.7 Å². The molecule has 2 N–H and O–H groups in total. The van der Waals surface area contributed by atoms with Crippen LogP contribution in [0.2, 0.25) is 0 Å². The number of amides is 1. The summed E-state index contributed by atoms with van der Waals surface area (Å²) in [5, 5.41) is 12.0. The molecule has 1 aromatic heterocycles. The Kier molecular flexibility index (Phi) is 5.13. The second-order valence-electron chi connectivity index (χ2n) is 7.78. The quantitative estimate of drug-likeness (QED) is 0.253. The van der Waals surface area contributed by atoms with Crippen LogP contribution in [0, 0.1) is 11.6 Å². The molecule has 0 spiro atoms. The van der Waals surface area contributed by atoms with Gasteiger partial charge in [-0.3, -0.25) is 14.5 Å². The third kappa shape index (κ3) is 3.31. The predicted molar refractivity (Wildman–Crippen MR) is 122 cm³/mol. The molecule has 1 saturated heterocycles. The highest BCUT2D eigenvalue weighted by Gasteiger charge is 2.48. The van der Waals surface area contributed by atoms with Gasteiger partial charge in [-0.15, -0.1) is 0 Å². The number of aliphatic hydroxyl groups excluding tert-OH is 1. The maximum Gasteiger partial charge on any atom is 0.300 e. The van der Waals surface area contributed by atoms with E-state index < -0.39 is 35.1 Å². The van der Waals surface area contributed by atoms with E-state index in [1.54, 1.807) is 18.3 Å². The van der Waals surface area contributed by atoms with E-state index in [9.17, 15) is 23.5 Å². The third-order valence-electron chi connectivity index (χ3n) is 5.86. The molecule has 0 bridgehead atoms. The van der Waals surface area contributed by atoms with Gasteiger partial charge in [0.1, 0.15) is 23.1 Å². The maximum atomic E-state index is 14.1. The van der Waals surface area contributed by atoms with Gasteiger partial charge >= 0.3 is 0 Å². The Morgan fingerprint density at radius 2 is 1.76 bits per heavy atom. The molecule has 5 rings (SSSR count). The number of hydrogen-bond acceptors (Lipinski definition) is 4. The van der Waals surface area contributed by atoms with Gasteiger partial charge in [0, 0.05) is 28.4 Å². The summed E-state index contributed by atoms with van der Waals surface area (Å²) in [7, 11) is 1.34. The number of carbonyl (C=O) groups excluding carboxylic acids is 2. The molecule has 1 atom stereocenters. The zero-order valence-corrected chi connectivity index (χ0v) is 17.9. The molecule has 0 saturated carbocycles. The average molecular weight is 460 g/mol. The van der Waals surface area contributed by atoms with E-state index in [1.165, 1.54) is 31.4 Å².